The maximum atomic E-state index is 10.1. The highest BCUT2D eigenvalue weighted by Crippen LogP contribution is 2.13. The smallest absolute Gasteiger partial charge is 0.251 e. The predicted octanol–water partition coefficient (Wildman–Crippen LogP) is 0.867. The van der Waals surface area contributed by atoms with E-state index < -0.39 is 5.03 Å². The van der Waals surface area contributed by atoms with Crippen molar-refractivity contribution in [2.75, 3.05) is 25.0 Å². The first-order valence-electron chi connectivity index (χ1n) is 5.55. The van der Waals surface area contributed by atoms with Crippen LogP contribution >= 0.6 is 11.6 Å². The number of rotatable bonds is 6. The molecule has 0 unspecified atom stereocenters. The molecule has 0 aliphatic rings. The number of pyridine rings is 1. The van der Waals surface area contributed by atoms with E-state index in [1.54, 1.807) is 17.7 Å². The van der Waals surface area contributed by atoms with Crippen LogP contribution in [0.2, 0.25) is 5.15 Å². The maximum Gasteiger partial charge on any atom is 0.251 e. The highest BCUT2D eigenvalue weighted by Gasteiger charge is 2.03. The molecule has 1 aromatic rings. The number of nitrogens with one attached hydrogen (secondary N) is 3. The summed E-state index contributed by atoms with van der Waals surface area (Å²) in [4.78, 5) is 16.0. The molecule has 0 radical (unpaired) electrons. The molecule has 1 rings (SSSR count). The molecule has 104 valence electrons. The van der Waals surface area contributed by atoms with Gasteiger partial charge in [-0.25, -0.2) is 15.1 Å². The molecule has 0 saturated heterocycles. The normalized spacial score (nSPS) is 9.79. The number of hydrazine groups is 1. The number of hydrogen-bond donors (Lipinski definition) is 3. The third-order valence-corrected chi connectivity index (χ3v) is 2.55. The summed E-state index contributed by atoms with van der Waals surface area (Å²) >= 11 is 5.69. The van der Waals surface area contributed by atoms with E-state index in [0.29, 0.717) is 11.7 Å². The average Bonchev–Trinajstić information content (AvgIpc) is 2.34. The Bertz CT molecular complexity index is 438. The van der Waals surface area contributed by atoms with Crippen molar-refractivity contribution in [1.29, 1.82) is 5.41 Å². The third-order valence-electron chi connectivity index (χ3n) is 2.33. The topological polar surface area (TPSA) is 107 Å². The Balaban J connectivity index is 2.24. The van der Waals surface area contributed by atoms with Crippen molar-refractivity contribution in [2.45, 2.75) is 6.42 Å². The van der Waals surface area contributed by atoms with Crippen LogP contribution in [-0.2, 0) is 0 Å². The Labute approximate surface area is 115 Å². The van der Waals surface area contributed by atoms with Crippen LogP contribution in [0.25, 0.3) is 0 Å². The Hall–Kier alpha value is -2.09. The van der Waals surface area contributed by atoms with Gasteiger partial charge in [0.2, 0.25) is 0 Å². The summed E-state index contributed by atoms with van der Waals surface area (Å²) in [6.07, 6.45) is 2.40. The molecule has 3 N–H and O–H groups in total. The number of aromatic nitrogens is 1. The lowest BCUT2D eigenvalue weighted by molar-refractivity contribution is -0.525. The van der Waals surface area contributed by atoms with Gasteiger partial charge in [-0.15, -0.1) is 0 Å². The van der Waals surface area contributed by atoms with Crippen molar-refractivity contribution in [1.82, 2.24) is 15.7 Å². The van der Waals surface area contributed by atoms with Crippen molar-refractivity contribution < 1.29 is 5.03 Å². The van der Waals surface area contributed by atoms with Crippen LogP contribution in [0.15, 0.2) is 18.3 Å². The first-order chi connectivity index (χ1) is 8.99. The zero-order valence-corrected chi connectivity index (χ0v) is 11.1. The zero-order valence-electron chi connectivity index (χ0n) is 10.4. The van der Waals surface area contributed by atoms with E-state index >= 15 is 0 Å². The first-order valence-corrected chi connectivity index (χ1v) is 5.93. The molecule has 0 aromatic carbocycles. The molecule has 1 aromatic heterocycles. The fourth-order valence-electron chi connectivity index (χ4n) is 1.38. The van der Waals surface area contributed by atoms with Crippen molar-refractivity contribution in [3.8, 4) is 0 Å². The van der Waals surface area contributed by atoms with E-state index in [0.717, 1.165) is 18.7 Å². The molecule has 0 saturated carbocycles. The van der Waals surface area contributed by atoms with Gasteiger partial charge in [-0.3, -0.25) is 5.41 Å². The van der Waals surface area contributed by atoms with Crippen LogP contribution in [0.5, 0.6) is 0 Å². The maximum absolute atomic E-state index is 10.1. The van der Waals surface area contributed by atoms with E-state index in [9.17, 15) is 10.1 Å². The minimum Gasteiger partial charge on any atom is -0.373 e. The summed E-state index contributed by atoms with van der Waals surface area (Å²) in [5.41, 5.74) is 2.66. The van der Waals surface area contributed by atoms with Crippen LogP contribution in [0.4, 0.5) is 5.69 Å². The van der Waals surface area contributed by atoms with Gasteiger partial charge in [0.05, 0.1) is 11.9 Å². The van der Waals surface area contributed by atoms with Gasteiger partial charge in [-0.05, 0) is 18.6 Å². The Kier molecular flexibility index (Phi) is 5.80. The summed E-state index contributed by atoms with van der Waals surface area (Å²) in [7, 11) is 1.91. The fraction of sp³-hybridized carbons (Fsp3) is 0.400. The Morgan fingerprint density at radius 3 is 2.95 bits per heavy atom. The molecule has 0 aliphatic carbocycles. The highest BCUT2D eigenvalue weighted by atomic mass is 35.5. The molecule has 8 nitrogen and oxygen atoms in total. The number of nitro groups is 1. The van der Waals surface area contributed by atoms with Gasteiger partial charge in [0.15, 0.2) is 5.03 Å². The van der Waals surface area contributed by atoms with Crippen molar-refractivity contribution >= 4 is 23.2 Å². The van der Waals surface area contributed by atoms with Gasteiger partial charge in [-0.1, -0.05) is 17.0 Å². The number of nitrogens with zero attached hydrogens (tertiary/aromatic N) is 3. The van der Waals surface area contributed by atoms with Crippen LogP contribution in [0, 0.1) is 15.5 Å². The van der Waals surface area contributed by atoms with Gasteiger partial charge in [-0.2, -0.15) is 0 Å². The van der Waals surface area contributed by atoms with E-state index in [2.05, 4.69) is 10.3 Å². The predicted molar refractivity (Wildman–Crippen MR) is 73.0 cm³/mol. The van der Waals surface area contributed by atoms with E-state index in [1.165, 1.54) is 0 Å². The average molecular weight is 287 g/mol. The Morgan fingerprint density at radius 1 is 1.63 bits per heavy atom. The summed E-state index contributed by atoms with van der Waals surface area (Å²) in [5.74, 6) is -0.319. The molecular formula is C10H15ClN6O2. The monoisotopic (exact) mass is 286 g/mol. The lowest BCUT2D eigenvalue weighted by atomic mass is 10.3. The molecule has 19 heavy (non-hydrogen) atoms. The number of halogens is 1. The molecule has 0 atom stereocenters. The summed E-state index contributed by atoms with van der Waals surface area (Å²) in [6.45, 7) is 1.19. The highest BCUT2D eigenvalue weighted by molar-refractivity contribution is 6.29. The van der Waals surface area contributed by atoms with Crippen molar-refractivity contribution in [2.24, 2.45) is 0 Å². The molecule has 0 aliphatic heterocycles. The van der Waals surface area contributed by atoms with Crippen LogP contribution in [0.1, 0.15) is 6.42 Å². The second-order valence-electron chi connectivity index (χ2n) is 3.78. The molecule has 0 amide bonds. The minimum atomic E-state index is -0.777. The lowest BCUT2D eigenvalue weighted by Gasteiger charge is -2.18. The van der Waals surface area contributed by atoms with Gasteiger partial charge in [0.25, 0.3) is 5.96 Å². The van der Waals surface area contributed by atoms with E-state index in [-0.39, 0.29) is 5.96 Å². The molecular weight excluding hydrogens is 272 g/mol. The Morgan fingerprint density at radius 2 is 2.37 bits per heavy atom. The standard InChI is InChI=1S/C10H15ClN6O2/c1-16(8-3-4-9(11)14-7-8)6-2-5-13-10(12)15-17(18)19/h3-4,7H,2,5-6H2,1H3,(H3,12,13,15). The van der Waals surface area contributed by atoms with E-state index in [4.69, 9.17) is 17.0 Å². The molecule has 0 spiro atoms. The fourth-order valence-corrected chi connectivity index (χ4v) is 1.50. The minimum absolute atomic E-state index is 0.319. The van der Waals surface area contributed by atoms with Crippen LogP contribution in [0.3, 0.4) is 0 Å². The molecule has 0 bridgehead atoms. The zero-order chi connectivity index (χ0) is 14.3. The second-order valence-corrected chi connectivity index (χ2v) is 4.17. The summed E-state index contributed by atoms with van der Waals surface area (Å²) < 4.78 is 0. The van der Waals surface area contributed by atoms with Crippen LogP contribution in [-0.4, -0.2) is 36.1 Å². The molecule has 9 heteroatoms. The second kappa shape index (κ2) is 7.37. The largest absolute Gasteiger partial charge is 0.373 e. The first kappa shape index (κ1) is 15.0. The van der Waals surface area contributed by atoms with E-state index in [1.807, 2.05) is 18.0 Å². The van der Waals surface area contributed by atoms with Crippen LogP contribution < -0.4 is 15.6 Å². The number of hydrogen-bond acceptors (Lipinski definition) is 5. The quantitative estimate of drug-likeness (QED) is 0.179. The number of guanidine groups is 1. The summed E-state index contributed by atoms with van der Waals surface area (Å²) in [5, 5.41) is 19.5. The SMILES string of the molecule is CN(CCCNC(=N)N[N+](=O)[O-])c1ccc(Cl)nc1. The molecule has 0 fully saturated rings. The third kappa shape index (κ3) is 5.87. The van der Waals surface area contributed by atoms with Gasteiger partial charge >= 0.3 is 0 Å². The molecule has 1 heterocycles. The van der Waals surface area contributed by atoms with Gasteiger partial charge < -0.3 is 10.2 Å². The van der Waals surface area contributed by atoms with Gasteiger partial charge in [0.1, 0.15) is 5.15 Å². The number of anilines is 1. The lowest BCUT2D eigenvalue weighted by Crippen LogP contribution is -2.40. The van der Waals surface area contributed by atoms with Crippen molar-refractivity contribution in [3.05, 3.63) is 33.6 Å². The summed E-state index contributed by atoms with van der Waals surface area (Å²) in [6, 6.07) is 3.57. The van der Waals surface area contributed by atoms with Gasteiger partial charge in [0, 0.05) is 20.1 Å². The van der Waals surface area contributed by atoms with Crippen molar-refractivity contribution in [3.63, 3.8) is 0 Å².